The molecule has 1 N–H and O–H groups in total. The number of anilines is 1. The largest absolute Gasteiger partial charge is 0.491 e. The SMILES string of the molecule is CC(C)(C)COc1cccc(F)c1NC=C(C#N)C#N. The van der Waals surface area contributed by atoms with Crippen molar-refractivity contribution in [1.29, 1.82) is 10.5 Å². The molecule has 0 saturated heterocycles. The molecule has 0 atom stereocenters. The zero-order valence-electron chi connectivity index (χ0n) is 11.7. The first kappa shape index (κ1) is 15.5. The number of nitrogens with zero attached hydrogens (tertiary/aromatic N) is 2. The van der Waals surface area contributed by atoms with Gasteiger partial charge in [-0.15, -0.1) is 0 Å². The maximum absolute atomic E-state index is 13.8. The Balaban J connectivity index is 2.98. The summed E-state index contributed by atoms with van der Waals surface area (Å²) in [6.45, 7) is 6.42. The van der Waals surface area contributed by atoms with Crippen molar-refractivity contribution in [3.63, 3.8) is 0 Å². The lowest BCUT2D eigenvalue weighted by atomic mass is 9.99. The number of hydrogen-bond donors (Lipinski definition) is 1. The fourth-order valence-corrected chi connectivity index (χ4v) is 1.29. The van der Waals surface area contributed by atoms with Crippen LogP contribution in [0.2, 0.25) is 0 Å². The molecular weight excluding hydrogens is 257 g/mol. The lowest BCUT2D eigenvalue weighted by Crippen LogP contribution is -2.17. The standard InChI is InChI=1S/C15H16FN3O/c1-15(2,3)10-20-13-6-4-5-12(16)14(13)19-9-11(7-17)8-18/h4-6,9,19H,10H2,1-3H3. The van der Waals surface area contributed by atoms with Gasteiger partial charge in [0.2, 0.25) is 0 Å². The van der Waals surface area contributed by atoms with Crippen LogP contribution in [0.4, 0.5) is 10.1 Å². The summed E-state index contributed by atoms with van der Waals surface area (Å²) in [6, 6.07) is 7.83. The third-order valence-corrected chi connectivity index (χ3v) is 2.24. The molecule has 1 aromatic carbocycles. The minimum absolute atomic E-state index is 0.0656. The summed E-state index contributed by atoms with van der Waals surface area (Å²) in [5.74, 6) is -0.172. The second-order valence-corrected chi connectivity index (χ2v) is 5.39. The van der Waals surface area contributed by atoms with E-state index in [-0.39, 0.29) is 16.7 Å². The van der Waals surface area contributed by atoms with Gasteiger partial charge in [-0.1, -0.05) is 26.8 Å². The van der Waals surface area contributed by atoms with E-state index in [0.29, 0.717) is 12.4 Å². The molecule has 0 aromatic heterocycles. The third-order valence-electron chi connectivity index (χ3n) is 2.24. The molecule has 0 saturated carbocycles. The molecule has 5 heteroatoms. The highest BCUT2D eigenvalue weighted by molar-refractivity contribution is 5.60. The van der Waals surface area contributed by atoms with Gasteiger partial charge in [0.05, 0.1) is 6.61 Å². The van der Waals surface area contributed by atoms with Gasteiger partial charge >= 0.3 is 0 Å². The number of ether oxygens (including phenoxy) is 1. The zero-order chi connectivity index (χ0) is 15.2. The van der Waals surface area contributed by atoms with Gasteiger partial charge in [-0.05, 0) is 17.5 Å². The summed E-state index contributed by atoms with van der Waals surface area (Å²) in [4.78, 5) is 0. The summed E-state index contributed by atoms with van der Waals surface area (Å²) < 4.78 is 19.4. The highest BCUT2D eigenvalue weighted by atomic mass is 19.1. The van der Waals surface area contributed by atoms with Crippen molar-refractivity contribution >= 4 is 5.69 Å². The second kappa shape index (κ2) is 6.58. The van der Waals surface area contributed by atoms with Crippen molar-refractivity contribution in [3.05, 3.63) is 35.8 Å². The van der Waals surface area contributed by atoms with E-state index in [0.717, 1.165) is 6.20 Å². The van der Waals surface area contributed by atoms with E-state index in [2.05, 4.69) is 5.32 Å². The highest BCUT2D eigenvalue weighted by Gasteiger charge is 2.14. The fourth-order valence-electron chi connectivity index (χ4n) is 1.29. The average molecular weight is 273 g/mol. The molecule has 0 aliphatic carbocycles. The Kier molecular flexibility index (Phi) is 5.11. The van der Waals surface area contributed by atoms with Crippen molar-refractivity contribution in [2.75, 3.05) is 11.9 Å². The van der Waals surface area contributed by atoms with Crippen LogP contribution in [-0.2, 0) is 0 Å². The number of nitrogens with one attached hydrogen (secondary N) is 1. The molecule has 0 bridgehead atoms. The molecule has 20 heavy (non-hydrogen) atoms. The molecule has 104 valence electrons. The van der Waals surface area contributed by atoms with Gasteiger partial charge in [0.25, 0.3) is 0 Å². The summed E-state index contributed by atoms with van der Waals surface area (Å²) in [5, 5.41) is 19.9. The van der Waals surface area contributed by atoms with Gasteiger partial charge in [-0.25, -0.2) is 4.39 Å². The van der Waals surface area contributed by atoms with E-state index >= 15 is 0 Å². The minimum atomic E-state index is -0.511. The smallest absolute Gasteiger partial charge is 0.150 e. The summed E-state index contributed by atoms with van der Waals surface area (Å²) >= 11 is 0. The number of para-hydroxylation sites is 1. The van der Waals surface area contributed by atoms with Gasteiger partial charge in [0.15, 0.2) is 0 Å². The molecule has 0 spiro atoms. The Bertz CT molecular complexity index is 573. The van der Waals surface area contributed by atoms with Gasteiger partial charge in [0, 0.05) is 6.20 Å². The minimum Gasteiger partial charge on any atom is -0.491 e. The summed E-state index contributed by atoms with van der Waals surface area (Å²) in [7, 11) is 0. The summed E-state index contributed by atoms with van der Waals surface area (Å²) in [5.41, 5.74) is -0.0982. The molecule has 0 fully saturated rings. The van der Waals surface area contributed by atoms with Crippen LogP contribution in [0, 0.1) is 33.9 Å². The first-order valence-electron chi connectivity index (χ1n) is 6.05. The number of hydrogen-bond acceptors (Lipinski definition) is 4. The number of allylic oxidation sites excluding steroid dienone is 1. The van der Waals surface area contributed by atoms with Crippen LogP contribution in [0.25, 0.3) is 0 Å². The Morgan fingerprint density at radius 1 is 1.35 bits per heavy atom. The van der Waals surface area contributed by atoms with Crippen LogP contribution >= 0.6 is 0 Å². The monoisotopic (exact) mass is 273 g/mol. The first-order valence-corrected chi connectivity index (χ1v) is 6.05. The van der Waals surface area contributed by atoms with E-state index in [1.165, 1.54) is 12.1 Å². The highest BCUT2D eigenvalue weighted by Crippen LogP contribution is 2.29. The van der Waals surface area contributed by atoms with Gasteiger partial charge in [-0.3, -0.25) is 0 Å². The van der Waals surface area contributed by atoms with E-state index in [1.54, 1.807) is 18.2 Å². The van der Waals surface area contributed by atoms with Crippen LogP contribution in [0.1, 0.15) is 20.8 Å². The van der Waals surface area contributed by atoms with E-state index < -0.39 is 5.82 Å². The van der Waals surface area contributed by atoms with Crippen LogP contribution in [0.3, 0.4) is 0 Å². The molecule has 4 nitrogen and oxygen atoms in total. The maximum atomic E-state index is 13.8. The van der Waals surface area contributed by atoms with Crippen molar-refractivity contribution in [2.24, 2.45) is 5.41 Å². The quantitative estimate of drug-likeness (QED) is 0.851. The van der Waals surface area contributed by atoms with Crippen LogP contribution in [0.5, 0.6) is 5.75 Å². The Morgan fingerprint density at radius 3 is 2.55 bits per heavy atom. The first-order chi connectivity index (χ1) is 9.37. The molecule has 0 heterocycles. The zero-order valence-corrected chi connectivity index (χ0v) is 11.7. The Labute approximate surface area is 118 Å². The van der Waals surface area contributed by atoms with Crippen molar-refractivity contribution in [2.45, 2.75) is 20.8 Å². The average Bonchev–Trinajstić information content (AvgIpc) is 2.38. The Morgan fingerprint density at radius 2 is 2.00 bits per heavy atom. The summed E-state index contributed by atoms with van der Waals surface area (Å²) in [6.07, 6.45) is 1.16. The van der Waals surface area contributed by atoms with E-state index in [4.69, 9.17) is 15.3 Å². The molecule has 0 aliphatic heterocycles. The van der Waals surface area contributed by atoms with Crippen molar-refractivity contribution in [3.8, 4) is 17.9 Å². The second-order valence-electron chi connectivity index (χ2n) is 5.39. The van der Waals surface area contributed by atoms with Gasteiger partial charge < -0.3 is 10.1 Å². The number of benzene rings is 1. The molecule has 1 aromatic rings. The van der Waals surface area contributed by atoms with Gasteiger partial charge in [0.1, 0.15) is 35.0 Å². The molecule has 0 unspecified atom stereocenters. The Hall–Kier alpha value is -2.53. The predicted molar refractivity (Wildman–Crippen MR) is 74.3 cm³/mol. The normalized spacial score (nSPS) is 10.1. The molecule has 0 aliphatic rings. The topological polar surface area (TPSA) is 68.8 Å². The van der Waals surface area contributed by atoms with Gasteiger partial charge in [-0.2, -0.15) is 10.5 Å². The number of nitriles is 2. The number of rotatable bonds is 4. The lowest BCUT2D eigenvalue weighted by molar-refractivity contribution is 0.198. The number of halogens is 1. The lowest BCUT2D eigenvalue weighted by Gasteiger charge is -2.20. The molecule has 0 radical (unpaired) electrons. The van der Waals surface area contributed by atoms with E-state index in [9.17, 15) is 4.39 Å². The maximum Gasteiger partial charge on any atom is 0.150 e. The van der Waals surface area contributed by atoms with E-state index in [1.807, 2.05) is 20.8 Å². The fraction of sp³-hybridized carbons (Fsp3) is 0.333. The van der Waals surface area contributed by atoms with Crippen LogP contribution in [-0.4, -0.2) is 6.61 Å². The predicted octanol–water partition coefficient (Wildman–Crippen LogP) is 3.59. The van der Waals surface area contributed by atoms with Crippen LogP contribution < -0.4 is 10.1 Å². The van der Waals surface area contributed by atoms with Crippen molar-refractivity contribution in [1.82, 2.24) is 0 Å². The van der Waals surface area contributed by atoms with Crippen molar-refractivity contribution < 1.29 is 9.13 Å². The molecular formula is C15H16FN3O. The van der Waals surface area contributed by atoms with Crippen LogP contribution in [0.15, 0.2) is 30.0 Å². The molecule has 1 rings (SSSR count). The molecule has 0 amide bonds. The third kappa shape index (κ3) is 4.62.